The molecule has 0 fully saturated rings. The molecule has 2 aromatic heterocycles. The molecular weight excluding hydrogens is 218 g/mol. The normalized spacial score (nSPS) is 12.4. The smallest absolute Gasteiger partial charge is 0.148 e. The third kappa shape index (κ3) is 3.03. The Morgan fingerprint density at radius 3 is 2.81 bits per heavy atom. The summed E-state index contributed by atoms with van der Waals surface area (Å²) in [5.74, 6) is 0.842. The van der Waals surface area contributed by atoms with Crippen molar-refractivity contribution in [2.24, 2.45) is 0 Å². The second kappa shape index (κ2) is 5.07. The van der Waals surface area contributed by atoms with Crippen molar-refractivity contribution in [3.8, 4) is 0 Å². The molecule has 0 aliphatic carbocycles. The van der Waals surface area contributed by atoms with Crippen molar-refractivity contribution < 1.29 is 0 Å². The Morgan fingerprint density at radius 1 is 1.31 bits per heavy atom. The van der Waals surface area contributed by atoms with Crippen LogP contribution in [0, 0.1) is 6.92 Å². The zero-order valence-electron chi connectivity index (χ0n) is 9.47. The van der Waals surface area contributed by atoms with Gasteiger partial charge >= 0.3 is 0 Å². The summed E-state index contributed by atoms with van der Waals surface area (Å²) in [6.07, 6.45) is 1.02. The van der Waals surface area contributed by atoms with Crippen molar-refractivity contribution in [1.29, 1.82) is 0 Å². The summed E-state index contributed by atoms with van der Waals surface area (Å²) >= 11 is 1.79. The first-order valence-electron chi connectivity index (χ1n) is 5.33. The Hall–Kier alpha value is -1.42. The third-order valence-electron chi connectivity index (χ3n) is 2.28. The minimum absolute atomic E-state index is 0.371. The fourth-order valence-corrected chi connectivity index (χ4v) is 2.35. The summed E-state index contributed by atoms with van der Waals surface area (Å²) in [5.41, 5.74) is 0.941. The van der Waals surface area contributed by atoms with Crippen LogP contribution in [0.3, 0.4) is 0 Å². The van der Waals surface area contributed by atoms with Crippen LogP contribution in [0.1, 0.15) is 17.5 Å². The average molecular weight is 233 g/mol. The van der Waals surface area contributed by atoms with Gasteiger partial charge in [-0.2, -0.15) is 5.10 Å². The van der Waals surface area contributed by atoms with Gasteiger partial charge in [-0.15, -0.1) is 16.4 Å². The number of nitrogens with one attached hydrogen (secondary N) is 1. The maximum Gasteiger partial charge on any atom is 0.148 e. The van der Waals surface area contributed by atoms with Crippen LogP contribution in [0.5, 0.6) is 0 Å². The van der Waals surface area contributed by atoms with E-state index >= 15 is 0 Å². The third-order valence-corrected chi connectivity index (χ3v) is 3.18. The van der Waals surface area contributed by atoms with E-state index in [0.717, 1.165) is 17.9 Å². The molecule has 84 valence electrons. The predicted octanol–water partition coefficient (Wildman–Crippen LogP) is 2.89. The largest absolute Gasteiger partial charge is 0.366 e. The lowest BCUT2D eigenvalue weighted by molar-refractivity contribution is 0.786. The SMILES string of the molecule is Cc1ccc(NC(C)Cc2cccs2)nn1. The molecule has 0 aliphatic heterocycles. The van der Waals surface area contributed by atoms with Gasteiger partial charge in [0.2, 0.25) is 0 Å². The topological polar surface area (TPSA) is 37.8 Å². The van der Waals surface area contributed by atoms with Crippen molar-refractivity contribution in [3.63, 3.8) is 0 Å². The van der Waals surface area contributed by atoms with Crippen LogP contribution < -0.4 is 5.32 Å². The van der Waals surface area contributed by atoms with E-state index in [2.05, 4.69) is 40.0 Å². The highest BCUT2D eigenvalue weighted by molar-refractivity contribution is 7.09. The number of aryl methyl sites for hydroxylation is 1. The zero-order valence-corrected chi connectivity index (χ0v) is 10.3. The lowest BCUT2D eigenvalue weighted by Gasteiger charge is -2.12. The fourth-order valence-electron chi connectivity index (χ4n) is 1.51. The van der Waals surface area contributed by atoms with Crippen LogP contribution in [0.15, 0.2) is 29.6 Å². The number of rotatable bonds is 4. The summed E-state index contributed by atoms with van der Waals surface area (Å²) in [6, 6.07) is 8.54. The van der Waals surface area contributed by atoms with E-state index in [-0.39, 0.29) is 0 Å². The molecule has 0 saturated heterocycles. The standard InChI is InChI=1S/C12H15N3S/c1-9-5-6-12(15-14-9)13-10(2)8-11-4-3-7-16-11/h3-7,10H,8H2,1-2H3,(H,13,15). The Balaban J connectivity index is 1.92. The van der Waals surface area contributed by atoms with Gasteiger partial charge in [0.1, 0.15) is 5.82 Å². The highest BCUT2D eigenvalue weighted by Crippen LogP contribution is 2.13. The van der Waals surface area contributed by atoms with Gasteiger partial charge in [0.15, 0.2) is 0 Å². The van der Waals surface area contributed by atoms with Crippen molar-refractivity contribution in [2.45, 2.75) is 26.3 Å². The Kier molecular flexibility index (Phi) is 3.51. The molecule has 2 heterocycles. The maximum atomic E-state index is 4.09. The molecule has 1 atom stereocenters. The van der Waals surface area contributed by atoms with Crippen molar-refractivity contribution in [2.75, 3.05) is 5.32 Å². The average Bonchev–Trinajstić information content (AvgIpc) is 2.74. The Morgan fingerprint density at radius 2 is 2.19 bits per heavy atom. The molecule has 0 radical (unpaired) electrons. The first kappa shape index (κ1) is 11.1. The number of hydrogen-bond acceptors (Lipinski definition) is 4. The fraction of sp³-hybridized carbons (Fsp3) is 0.333. The second-order valence-corrected chi connectivity index (χ2v) is 4.92. The second-order valence-electron chi connectivity index (χ2n) is 3.89. The highest BCUT2D eigenvalue weighted by Gasteiger charge is 2.05. The molecule has 0 aliphatic rings. The molecule has 0 bridgehead atoms. The van der Waals surface area contributed by atoms with Crippen LogP contribution in [0.25, 0.3) is 0 Å². The van der Waals surface area contributed by atoms with E-state index < -0.39 is 0 Å². The number of anilines is 1. The van der Waals surface area contributed by atoms with Crippen LogP contribution in [0.2, 0.25) is 0 Å². The van der Waals surface area contributed by atoms with E-state index in [0.29, 0.717) is 6.04 Å². The van der Waals surface area contributed by atoms with E-state index in [4.69, 9.17) is 0 Å². The first-order valence-corrected chi connectivity index (χ1v) is 6.21. The number of thiophene rings is 1. The number of nitrogens with zero attached hydrogens (tertiary/aromatic N) is 2. The van der Waals surface area contributed by atoms with Crippen LogP contribution in [-0.4, -0.2) is 16.2 Å². The van der Waals surface area contributed by atoms with Gasteiger partial charge < -0.3 is 5.32 Å². The molecule has 0 aromatic carbocycles. The van der Waals surface area contributed by atoms with Crippen molar-refractivity contribution >= 4 is 17.2 Å². The summed E-state index contributed by atoms with van der Waals surface area (Å²) in [6.45, 7) is 4.09. The minimum atomic E-state index is 0.371. The lowest BCUT2D eigenvalue weighted by atomic mass is 10.2. The molecule has 0 spiro atoms. The van der Waals surface area contributed by atoms with Crippen LogP contribution >= 0.6 is 11.3 Å². The summed E-state index contributed by atoms with van der Waals surface area (Å²) in [7, 11) is 0. The van der Waals surface area contributed by atoms with Gasteiger partial charge in [0.05, 0.1) is 5.69 Å². The molecule has 0 saturated carbocycles. The molecule has 1 N–H and O–H groups in total. The molecular formula is C12H15N3S. The minimum Gasteiger partial charge on any atom is -0.366 e. The molecule has 1 unspecified atom stereocenters. The predicted molar refractivity (Wildman–Crippen MR) is 67.9 cm³/mol. The van der Waals surface area contributed by atoms with Crippen LogP contribution in [-0.2, 0) is 6.42 Å². The molecule has 4 heteroatoms. The highest BCUT2D eigenvalue weighted by atomic mass is 32.1. The Labute approximate surface area is 99.5 Å². The zero-order chi connectivity index (χ0) is 11.4. The van der Waals surface area contributed by atoms with Gasteiger partial charge in [-0.3, -0.25) is 0 Å². The number of hydrogen-bond donors (Lipinski definition) is 1. The summed E-state index contributed by atoms with van der Waals surface area (Å²) in [4.78, 5) is 1.39. The van der Waals surface area contributed by atoms with E-state index in [9.17, 15) is 0 Å². The first-order chi connectivity index (χ1) is 7.74. The van der Waals surface area contributed by atoms with Gasteiger partial charge in [-0.25, -0.2) is 0 Å². The lowest BCUT2D eigenvalue weighted by Crippen LogP contribution is -2.18. The molecule has 2 rings (SSSR count). The quantitative estimate of drug-likeness (QED) is 0.882. The van der Waals surface area contributed by atoms with Gasteiger partial charge in [0, 0.05) is 17.3 Å². The maximum absolute atomic E-state index is 4.09. The van der Waals surface area contributed by atoms with Crippen molar-refractivity contribution in [3.05, 3.63) is 40.2 Å². The molecule has 2 aromatic rings. The summed E-state index contributed by atoms with van der Waals surface area (Å²) in [5, 5.41) is 13.6. The summed E-state index contributed by atoms with van der Waals surface area (Å²) < 4.78 is 0. The van der Waals surface area contributed by atoms with Crippen LogP contribution in [0.4, 0.5) is 5.82 Å². The monoisotopic (exact) mass is 233 g/mol. The van der Waals surface area contributed by atoms with Gasteiger partial charge in [0.25, 0.3) is 0 Å². The molecule has 3 nitrogen and oxygen atoms in total. The molecule has 0 amide bonds. The van der Waals surface area contributed by atoms with E-state index in [1.165, 1.54) is 4.88 Å². The van der Waals surface area contributed by atoms with Gasteiger partial charge in [-0.1, -0.05) is 6.07 Å². The molecule has 16 heavy (non-hydrogen) atoms. The van der Waals surface area contributed by atoms with E-state index in [1.54, 1.807) is 11.3 Å². The Bertz CT molecular complexity index is 422. The number of aromatic nitrogens is 2. The van der Waals surface area contributed by atoms with E-state index in [1.807, 2.05) is 19.1 Å². The van der Waals surface area contributed by atoms with Crippen molar-refractivity contribution in [1.82, 2.24) is 10.2 Å². The van der Waals surface area contributed by atoms with Gasteiger partial charge in [-0.05, 0) is 37.4 Å².